The van der Waals surface area contributed by atoms with Crippen molar-refractivity contribution < 1.29 is 17.9 Å². The van der Waals surface area contributed by atoms with Crippen molar-refractivity contribution in [2.24, 2.45) is 0 Å². The Bertz CT molecular complexity index is 881. The number of nitrogens with zero attached hydrogens (tertiary/aromatic N) is 1. The lowest BCUT2D eigenvalue weighted by Crippen LogP contribution is -2.32. The molecule has 0 saturated carbocycles. The lowest BCUT2D eigenvalue weighted by Gasteiger charge is -2.21. The van der Waals surface area contributed by atoms with Gasteiger partial charge in [-0.25, -0.2) is 8.42 Å². The van der Waals surface area contributed by atoms with Crippen molar-refractivity contribution in [3.63, 3.8) is 0 Å². The minimum atomic E-state index is -3.47. The van der Waals surface area contributed by atoms with E-state index in [9.17, 15) is 13.2 Å². The molecule has 0 saturated heterocycles. The van der Waals surface area contributed by atoms with Crippen LogP contribution in [0.5, 0.6) is 5.75 Å². The number of rotatable bonds is 9. The molecule has 27 heavy (non-hydrogen) atoms. The Balaban J connectivity index is 2.05. The molecule has 2 rings (SSSR count). The highest BCUT2D eigenvalue weighted by atomic mass is 32.2. The van der Waals surface area contributed by atoms with Crippen molar-refractivity contribution in [2.45, 2.75) is 26.3 Å². The largest absolute Gasteiger partial charge is 0.496 e. The molecule has 7 heteroatoms. The Kier molecular flexibility index (Phi) is 7.38. The lowest BCUT2D eigenvalue weighted by atomic mass is 10.1. The Morgan fingerprint density at radius 2 is 1.70 bits per heavy atom. The molecule has 0 aliphatic carbocycles. The summed E-state index contributed by atoms with van der Waals surface area (Å²) in [6.45, 7) is 2.27. The van der Waals surface area contributed by atoms with Gasteiger partial charge in [0.25, 0.3) is 0 Å². The summed E-state index contributed by atoms with van der Waals surface area (Å²) in [4.78, 5) is 12.3. The standard InChI is InChI=1S/C20H26N2O4S/c1-4-16-9-5-7-11-18(16)21-20(23)13-14-22(27(3,24)25)15-17-10-6-8-12-19(17)26-2/h5-12H,4,13-15H2,1-3H3,(H,21,23). The van der Waals surface area contributed by atoms with E-state index in [1.807, 2.05) is 49.4 Å². The molecule has 6 nitrogen and oxygen atoms in total. The van der Waals surface area contributed by atoms with Crippen LogP contribution >= 0.6 is 0 Å². The third-order valence-corrected chi connectivity index (χ3v) is 5.52. The zero-order valence-corrected chi connectivity index (χ0v) is 16.8. The van der Waals surface area contributed by atoms with E-state index in [4.69, 9.17) is 4.74 Å². The average Bonchev–Trinajstić information content (AvgIpc) is 2.64. The van der Waals surface area contributed by atoms with E-state index >= 15 is 0 Å². The molecule has 0 spiro atoms. The van der Waals surface area contributed by atoms with Gasteiger partial charge in [-0.1, -0.05) is 43.3 Å². The molecule has 0 fully saturated rings. The summed E-state index contributed by atoms with van der Waals surface area (Å²) in [5.41, 5.74) is 2.56. The minimum absolute atomic E-state index is 0.0697. The number of methoxy groups -OCH3 is 1. The predicted molar refractivity (Wildman–Crippen MR) is 107 cm³/mol. The first-order chi connectivity index (χ1) is 12.8. The summed E-state index contributed by atoms with van der Waals surface area (Å²) in [5.74, 6) is 0.400. The number of para-hydroxylation sites is 2. The smallest absolute Gasteiger partial charge is 0.225 e. The highest BCUT2D eigenvalue weighted by Gasteiger charge is 2.20. The van der Waals surface area contributed by atoms with Gasteiger partial charge in [0.15, 0.2) is 0 Å². The maximum atomic E-state index is 12.3. The molecule has 2 aromatic carbocycles. The van der Waals surface area contributed by atoms with Crippen LogP contribution in [0, 0.1) is 0 Å². The Morgan fingerprint density at radius 3 is 2.33 bits per heavy atom. The Morgan fingerprint density at radius 1 is 1.07 bits per heavy atom. The number of sulfonamides is 1. The van der Waals surface area contributed by atoms with Crippen molar-refractivity contribution in [1.29, 1.82) is 0 Å². The van der Waals surface area contributed by atoms with E-state index in [0.717, 1.165) is 29.5 Å². The number of anilines is 1. The van der Waals surface area contributed by atoms with Crippen LogP contribution in [0.15, 0.2) is 48.5 Å². The molecule has 0 aliphatic rings. The summed E-state index contributed by atoms with van der Waals surface area (Å²) < 4.78 is 30.9. The number of amides is 1. The van der Waals surface area contributed by atoms with Gasteiger partial charge < -0.3 is 10.1 Å². The zero-order valence-electron chi connectivity index (χ0n) is 15.9. The molecule has 0 bridgehead atoms. The first kappa shape index (κ1) is 20.9. The van der Waals surface area contributed by atoms with Gasteiger partial charge in [-0.05, 0) is 24.1 Å². The van der Waals surface area contributed by atoms with E-state index in [0.29, 0.717) is 5.75 Å². The van der Waals surface area contributed by atoms with E-state index in [-0.39, 0.29) is 25.4 Å². The third-order valence-electron chi connectivity index (χ3n) is 4.27. The van der Waals surface area contributed by atoms with E-state index in [2.05, 4.69) is 5.32 Å². The maximum absolute atomic E-state index is 12.3. The number of carbonyl (C=O) groups is 1. The number of hydrogen-bond donors (Lipinski definition) is 1. The highest BCUT2D eigenvalue weighted by molar-refractivity contribution is 7.88. The predicted octanol–water partition coefficient (Wildman–Crippen LogP) is 3.05. The van der Waals surface area contributed by atoms with Crippen LogP contribution < -0.4 is 10.1 Å². The second-order valence-electron chi connectivity index (χ2n) is 6.22. The Hall–Kier alpha value is -2.38. The Labute approximate surface area is 161 Å². The number of benzene rings is 2. The molecule has 0 aliphatic heterocycles. The summed E-state index contributed by atoms with van der Waals surface area (Å²) in [6.07, 6.45) is 2.02. The summed E-state index contributed by atoms with van der Waals surface area (Å²) in [6, 6.07) is 14.8. The second-order valence-corrected chi connectivity index (χ2v) is 8.20. The average molecular weight is 391 g/mol. The molecule has 0 atom stereocenters. The fraction of sp³-hybridized carbons (Fsp3) is 0.350. The molecular weight excluding hydrogens is 364 g/mol. The maximum Gasteiger partial charge on any atom is 0.225 e. The monoisotopic (exact) mass is 390 g/mol. The fourth-order valence-electron chi connectivity index (χ4n) is 2.78. The molecule has 0 unspecified atom stereocenters. The van der Waals surface area contributed by atoms with Crippen molar-refractivity contribution >= 4 is 21.6 Å². The fourth-order valence-corrected chi connectivity index (χ4v) is 3.57. The molecule has 1 N–H and O–H groups in total. The van der Waals surface area contributed by atoms with Crippen LogP contribution in [0.25, 0.3) is 0 Å². The summed E-state index contributed by atoms with van der Waals surface area (Å²) >= 11 is 0. The molecule has 2 aromatic rings. The zero-order chi connectivity index (χ0) is 19.9. The third kappa shape index (κ3) is 6.08. The number of hydrogen-bond acceptors (Lipinski definition) is 4. The molecule has 146 valence electrons. The van der Waals surface area contributed by atoms with Gasteiger partial charge in [0.2, 0.25) is 15.9 Å². The summed E-state index contributed by atoms with van der Waals surface area (Å²) in [5, 5.41) is 2.87. The molecule has 0 aromatic heterocycles. The van der Waals surface area contributed by atoms with Crippen LogP contribution in [0.1, 0.15) is 24.5 Å². The SMILES string of the molecule is CCc1ccccc1NC(=O)CCN(Cc1ccccc1OC)S(C)(=O)=O. The van der Waals surface area contributed by atoms with E-state index in [1.54, 1.807) is 13.2 Å². The van der Waals surface area contributed by atoms with Crippen LogP contribution in [0.2, 0.25) is 0 Å². The summed E-state index contributed by atoms with van der Waals surface area (Å²) in [7, 11) is -1.93. The molecular formula is C20H26N2O4S. The van der Waals surface area contributed by atoms with Crippen molar-refractivity contribution in [2.75, 3.05) is 25.2 Å². The molecule has 1 amide bonds. The lowest BCUT2D eigenvalue weighted by molar-refractivity contribution is -0.116. The van der Waals surface area contributed by atoms with Gasteiger partial charge in [-0.2, -0.15) is 4.31 Å². The topological polar surface area (TPSA) is 75.7 Å². The quantitative estimate of drug-likeness (QED) is 0.714. The van der Waals surface area contributed by atoms with Crippen molar-refractivity contribution in [1.82, 2.24) is 4.31 Å². The molecule has 0 radical (unpaired) electrons. The van der Waals surface area contributed by atoms with Gasteiger partial charge >= 0.3 is 0 Å². The number of aryl methyl sites for hydroxylation is 1. The number of ether oxygens (including phenoxy) is 1. The first-order valence-corrected chi connectivity index (χ1v) is 10.6. The van der Waals surface area contributed by atoms with E-state index in [1.165, 1.54) is 4.31 Å². The van der Waals surface area contributed by atoms with Crippen molar-refractivity contribution in [3.8, 4) is 5.75 Å². The van der Waals surface area contributed by atoms with Gasteiger partial charge in [0.05, 0.1) is 13.4 Å². The van der Waals surface area contributed by atoms with E-state index < -0.39 is 10.0 Å². The normalized spacial score (nSPS) is 11.4. The number of nitrogens with one attached hydrogen (secondary N) is 1. The second kappa shape index (κ2) is 9.53. The van der Waals surface area contributed by atoms with Crippen molar-refractivity contribution in [3.05, 3.63) is 59.7 Å². The number of carbonyl (C=O) groups excluding carboxylic acids is 1. The van der Waals surface area contributed by atoms with Gasteiger partial charge in [-0.15, -0.1) is 0 Å². The van der Waals surface area contributed by atoms with Crippen LogP contribution in [-0.2, 0) is 27.8 Å². The van der Waals surface area contributed by atoms with Gasteiger partial charge in [0.1, 0.15) is 5.75 Å². The molecule has 0 heterocycles. The first-order valence-electron chi connectivity index (χ1n) is 8.80. The van der Waals surface area contributed by atoms with Crippen LogP contribution in [0.4, 0.5) is 5.69 Å². The van der Waals surface area contributed by atoms with Crippen LogP contribution in [0.3, 0.4) is 0 Å². The van der Waals surface area contributed by atoms with Gasteiger partial charge in [-0.3, -0.25) is 4.79 Å². The highest BCUT2D eigenvalue weighted by Crippen LogP contribution is 2.21. The minimum Gasteiger partial charge on any atom is -0.496 e. The van der Waals surface area contributed by atoms with Gasteiger partial charge in [0, 0.05) is 30.8 Å². The van der Waals surface area contributed by atoms with Crippen LogP contribution in [-0.4, -0.2) is 38.5 Å².